The molecule has 1 aliphatic carbocycles. The van der Waals surface area contributed by atoms with Crippen LogP contribution in [0.4, 0.5) is 5.82 Å². The molecule has 0 aromatic carbocycles. The van der Waals surface area contributed by atoms with E-state index in [2.05, 4.69) is 9.98 Å². The Hall–Kier alpha value is -1.38. The van der Waals surface area contributed by atoms with Crippen molar-refractivity contribution >= 4 is 12.0 Å². The van der Waals surface area contributed by atoms with Crippen LogP contribution in [0.3, 0.4) is 0 Å². The van der Waals surface area contributed by atoms with E-state index >= 15 is 0 Å². The lowest BCUT2D eigenvalue weighted by Crippen LogP contribution is -2.15. The number of anilines is 1. The molecular weight excluding hydrogens is 174 g/mol. The summed E-state index contributed by atoms with van der Waals surface area (Å²) < 4.78 is 0. The maximum absolute atomic E-state index is 5.73. The van der Waals surface area contributed by atoms with E-state index < -0.39 is 0 Å². The van der Waals surface area contributed by atoms with Crippen molar-refractivity contribution in [3.05, 3.63) is 23.4 Å². The van der Waals surface area contributed by atoms with Gasteiger partial charge in [-0.15, -0.1) is 0 Å². The molecule has 0 amide bonds. The Morgan fingerprint density at radius 2 is 2.36 bits per heavy atom. The fraction of sp³-hybridized carbons (Fsp3) is 0.455. The Bertz CT molecular complexity index is 354. The van der Waals surface area contributed by atoms with E-state index in [4.69, 9.17) is 5.73 Å². The van der Waals surface area contributed by atoms with Crippen molar-refractivity contribution in [3.63, 3.8) is 0 Å². The molecule has 0 aliphatic heterocycles. The highest BCUT2D eigenvalue weighted by Gasteiger charge is 2.14. The van der Waals surface area contributed by atoms with Gasteiger partial charge in [0, 0.05) is 24.0 Å². The van der Waals surface area contributed by atoms with Gasteiger partial charge in [0.15, 0.2) is 0 Å². The van der Waals surface area contributed by atoms with Crippen molar-refractivity contribution in [2.24, 2.45) is 4.99 Å². The Kier molecular flexibility index (Phi) is 2.48. The maximum atomic E-state index is 5.73. The molecule has 1 heterocycles. The number of nitrogen functional groups attached to an aromatic ring is 1. The topological polar surface area (TPSA) is 51.3 Å². The van der Waals surface area contributed by atoms with Gasteiger partial charge in [0.2, 0.25) is 0 Å². The van der Waals surface area contributed by atoms with Gasteiger partial charge in [-0.1, -0.05) is 0 Å². The number of pyridine rings is 1. The van der Waals surface area contributed by atoms with Crippen LogP contribution in [0.25, 0.3) is 0 Å². The van der Waals surface area contributed by atoms with E-state index in [1.165, 1.54) is 19.3 Å². The molecule has 3 heteroatoms. The molecule has 1 saturated carbocycles. The van der Waals surface area contributed by atoms with E-state index in [0.717, 1.165) is 11.1 Å². The lowest BCUT2D eigenvalue weighted by molar-refractivity contribution is 0.421. The molecule has 1 aliphatic rings. The smallest absolute Gasteiger partial charge is 0.132 e. The Morgan fingerprint density at radius 3 is 3.00 bits per heavy atom. The lowest BCUT2D eigenvalue weighted by Gasteiger charge is -2.20. The van der Waals surface area contributed by atoms with Crippen LogP contribution in [0.5, 0.6) is 0 Å². The zero-order chi connectivity index (χ0) is 9.97. The second-order valence-corrected chi connectivity index (χ2v) is 3.85. The minimum absolute atomic E-state index is 0.523. The van der Waals surface area contributed by atoms with Gasteiger partial charge < -0.3 is 5.73 Å². The van der Waals surface area contributed by atoms with E-state index in [-0.39, 0.29) is 0 Å². The summed E-state index contributed by atoms with van der Waals surface area (Å²) in [5.41, 5.74) is 7.79. The minimum atomic E-state index is 0.523. The van der Waals surface area contributed by atoms with Crippen LogP contribution >= 0.6 is 0 Å². The first-order valence-electron chi connectivity index (χ1n) is 5.01. The van der Waals surface area contributed by atoms with Crippen molar-refractivity contribution in [2.45, 2.75) is 32.2 Å². The largest absolute Gasteiger partial charge is 0.383 e. The third kappa shape index (κ3) is 1.92. The van der Waals surface area contributed by atoms with Crippen molar-refractivity contribution in [2.75, 3.05) is 5.73 Å². The maximum Gasteiger partial charge on any atom is 0.132 e. The van der Waals surface area contributed by atoms with Gasteiger partial charge in [-0.2, -0.15) is 0 Å². The zero-order valence-electron chi connectivity index (χ0n) is 8.40. The SMILES string of the molecule is Cc1cnc(N)c(C=NC2CCC2)c1. The molecule has 2 N–H and O–H groups in total. The Morgan fingerprint density at radius 1 is 1.57 bits per heavy atom. The summed E-state index contributed by atoms with van der Waals surface area (Å²) in [5, 5.41) is 0. The van der Waals surface area contributed by atoms with Crippen LogP contribution in [0, 0.1) is 6.92 Å². The first-order valence-corrected chi connectivity index (χ1v) is 5.01. The van der Waals surface area contributed by atoms with E-state index in [1.807, 2.05) is 19.2 Å². The molecule has 74 valence electrons. The molecule has 2 rings (SSSR count). The molecule has 0 atom stereocenters. The average molecular weight is 189 g/mol. The van der Waals surface area contributed by atoms with Crippen LogP contribution in [0.15, 0.2) is 17.3 Å². The van der Waals surface area contributed by atoms with Gasteiger partial charge in [-0.25, -0.2) is 4.98 Å². The fourth-order valence-electron chi connectivity index (χ4n) is 1.43. The lowest BCUT2D eigenvalue weighted by atomic mass is 9.94. The number of hydrogen-bond acceptors (Lipinski definition) is 3. The molecule has 14 heavy (non-hydrogen) atoms. The normalized spacial score (nSPS) is 17.2. The number of aromatic nitrogens is 1. The molecule has 0 unspecified atom stereocenters. The number of nitrogens with zero attached hydrogens (tertiary/aromatic N) is 2. The molecule has 0 bridgehead atoms. The Balaban J connectivity index is 2.14. The number of hydrogen-bond donors (Lipinski definition) is 1. The van der Waals surface area contributed by atoms with Crippen LogP contribution in [0.1, 0.15) is 30.4 Å². The summed E-state index contributed by atoms with van der Waals surface area (Å²) in [6, 6.07) is 2.54. The van der Waals surface area contributed by atoms with Gasteiger partial charge in [0.05, 0.1) is 0 Å². The summed E-state index contributed by atoms with van der Waals surface area (Å²) in [7, 11) is 0. The highest BCUT2D eigenvalue weighted by atomic mass is 14.8. The van der Waals surface area contributed by atoms with E-state index in [0.29, 0.717) is 11.9 Å². The first kappa shape index (κ1) is 9.19. The van der Waals surface area contributed by atoms with E-state index in [9.17, 15) is 0 Å². The van der Waals surface area contributed by atoms with Crippen molar-refractivity contribution < 1.29 is 0 Å². The predicted octanol–water partition coefficient (Wildman–Crippen LogP) is 1.94. The third-order valence-corrected chi connectivity index (χ3v) is 2.59. The van der Waals surface area contributed by atoms with Gasteiger partial charge in [0.25, 0.3) is 0 Å². The summed E-state index contributed by atoms with van der Waals surface area (Å²) in [5.74, 6) is 0.568. The average Bonchev–Trinajstić information content (AvgIpc) is 2.08. The summed E-state index contributed by atoms with van der Waals surface area (Å²) in [6.07, 6.45) is 7.38. The van der Waals surface area contributed by atoms with Crippen LogP contribution < -0.4 is 5.73 Å². The zero-order valence-corrected chi connectivity index (χ0v) is 8.40. The molecular formula is C11H15N3. The number of aryl methyl sites for hydroxylation is 1. The second kappa shape index (κ2) is 3.78. The highest BCUT2D eigenvalue weighted by Crippen LogP contribution is 2.22. The first-order chi connectivity index (χ1) is 6.75. The highest BCUT2D eigenvalue weighted by molar-refractivity contribution is 5.85. The molecule has 0 radical (unpaired) electrons. The monoisotopic (exact) mass is 189 g/mol. The molecule has 0 saturated heterocycles. The van der Waals surface area contributed by atoms with Gasteiger partial charge in [-0.3, -0.25) is 4.99 Å². The quantitative estimate of drug-likeness (QED) is 0.723. The van der Waals surface area contributed by atoms with E-state index in [1.54, 1.807) is 6.20 Å². The summed E-state index contributed by atoms with van der Waals surface area (Å²) in [6.45, 7) is 2.01. The number of nitrogens with two attached hydrogens (primary N) is 1. The van der Waals surface area contributed by atoms with Crippen molar-refractivity contribution in [1.29, 1.82) is 0 Å². The minimum Gasteiger partial charge on any atom is -0.383 e. The number of aliphatic imine (C=N–C) groups is 1. The van der Waals surface area contributed by atoms with Crippen molar-refractivity contribution in [1.82, 2.24) is 4.98 Å². The fourth-order valence-corrected chi connectivity index (χ4v) is 1.43. The predicted molar refractivity (Wildman–Crippen MR) is 58.6 cm³/mol. The van der Waals surface area contributed by atoms with Gasteiger partial charge in [0.1, 0.15) is 5.82 Å². The number of rotatable bonds is 2. The van der Waals surface area contributed by atoms with Crippen molar-refractivity contribution in [3.8, 4) is 0 Å². The summed E-state index contributed by atoms with van der Waals surface area (Å²) in [4.78, 5) is 8.54. The molecule has 1 aromatic heterocycles. The second-order valence-electron chi connectivity index (χ2n) is 3.85. The van der Waals surface area contributed by atoms with Gasteiger partial charge in [-0.05, 0) is 37.8 Å². The Labute approximate surface area is 84.1 Å². The molecule has 0 spiro atoms. The van der Waals surface area contributed by atoms with Crippen LogP contribution in [0.2, 0.25) is 0 Å². The van der Waals surface area contributed by atoms with Gasteiger partial charge >= 0.3 is 0 Å². The van der Waals surface area contributed by atoms with Crippen LogP contribution in [-0.2, 0) is 0 Å². The molecule has 1 fully saturated rings. The summed E-state index contributed by atoms with van der Waals surface area (Å²) >= 11 is 0. The van der Waals surface area contributed by atoms with Crippen LogP contribution in [-0.4, -0.2) is 17.2 Å². The third-order valence-electron chi connectivity index (χ3n) is 2.59. The standard InChI is InChI=1S/C11H15N3/c1-8-5-9(11(12)14-6-8)7-13-10-3-2-4-10/h5-7,10H,2-4H2,1H3,(H2,12,14). The molecule has 3 nitrogen and oxygen atoms in total. The molecule has 1 aromatic rings.